The van der Waals surface area contributed by atoms with Gasteiger partial charge in [0.25, 0.3) is 11.1 Å². The summed E-state index contributed by atoms with van der Waals surface area (Å²) in [5, 5.41) is 0.551. The van der Waals surface area contributed by atoms with Crippen molar-refractivity contribution in [1.82, 2.24) is 18.5 Å². The Morgan fingerprint density at radius 1 is 1.00 bits per heavy atom. The van der Waals surface area contributed by atoms with Gasteiger partial charge < -0.3 is 9.47 Å². The minimum atomic E-state index is -0.519. The first kappa shape index (κ1) is 23.2. The molecule has 4 heterocycles. The molecule has 6 rings (SSSR count). The van der Waals surface area contributed by atoms with Gasteiger partial charge in [-0.1, -0.05) is 6.07 Å². The zero-order valence-electron chi connectivity index (χ0n) is 20.4. The number of aryl methyl sites for hydroxylation is 2. The maximum absolute atomic E-state index is 14.0. The van der Waals surface area contributed by atoms with Crippen LogP contribution in [0.4, 0.5) is 0 Å². The first-order valence-corrected chi connectivity index (χ1v) is 12.8. The molecule has 0 saturated carbocycles. The molecule has 1 aliphatic rings. The van der Waals surface area contributed by atoms with E-state index in [1.54, 1.807) is 47.2 Å². The Balaban J connectivity index is 1.65. The second kappa shape index (κ2) is 9.04. The summed E-state index contributed by atoms with van der Waals surface area (Å²) in [5.41, 5.74) is 1.15. The molecule has 0 spiro atoms. The first-order chi connectivity index (χ1) is 18.0. The lowest BCUT2D eigenvalue weighted by atomic mass is 9.97. The molecule has 188 valence electrons. The summed E-state index contributed by atoms with van der Waals surface area (Å²) in [6.45, 7) is 0.0497. The number of fused-ring (bicyclic) bond motifs is 4. The quantitative estimate of drug-likeness (QED) is 0.356. The number of pyridine rings is 1. The molecule has 0 aliphatic heterocycles. The van der Waals surface area contributed by atoms with Crippen molar-refractivity contribution in [2.75, 3.05) is 14.2 Å². The molecule has 1 aromatic carbocycles. The van der Waals surface area contributed by atoms with Crippen molar-refractivity contribution in [3.8, 4) is 17.2 Å². The third-order valence-corrected chi connectivity index (χ3v) is 8.12. The van der Waals surface area contributed by atoms with Gasteiger partial charge in [-0.15, -0.1) is 11.3 Å². The third kappa shape index (κ3) is 3.75. The number of hydrogen-bond donors (Lipinski definition) is 0. The van der Waals surface area contributed by atoms with Crippen molar-refractivity contribution < 1.29 is 9.47 Å². The maximum Gasteiger partial charge on any atom is 0.337 e. The molecule has 0 saturated heterocycles. The molecule has 0 bridgehead atoms. The van der Waals surface area contributed by atoms with Gasteiger partial charge in [0.15, 0.2) is 0 Å². The van der Waals surface area contributed by atoms with Gasteiger partial charge in [0, 0.05) is 23.2 Å². The fourth-order valence-electron chi connectivity index (χ4n) is 5.04. The van der Waals surface area contributed by atoms with Gasteiger partial charge in [-0.2, -0.15) is 0 Å². The lowest BCUT2D eigenvalue weighted by Gasteiger charge is -2.16. The summed E-state index contributed by atoms with van der Waals surface area (Å²) >= 11 is 1.49. The zero-order valence-corrected chi connectivity index (χ0v) is 21.2. The molecule has 0 amide bonds. The monoisotopic (exact) mass is 516 g/mol. The van der Waals surface area contributed by atoms with Crippen LogP contribution in [-0.4, -0.2) is 32.7 Å². The third-order valence-electron chi connectivity index (χ3n) is 6.81. The number of hydrogen-bond acceptors (Lipinski definition) is 7. The van der Waals surface area contributed by atoms with Crippen LogP contribution in [0.15, 0.2) is 63.0 Å². The van der Waals surface area contributed by atoms with E-state index in [9.17, 15) is 14.4 Å². The molecule has 0 N–H and O–H groups in total. The number of benzene rings is 1. The Hall–Kier alpha value is -4.18. The molecule has 0 fully saturated rings. The van der Waals surface area contributed by atoms with Gasteiger partial charge in [0.2, 0.25) is 0 Å². The molecule has 0 atom stereocenters. The van der Waals surface area contributed by atoms with E-state index in [-0.39, 0.29) is 17.7 Å². The summed E-state index contributed by atoms with van der Waals surface area (Å²) in [6.07, 6.45) is 5.36. The number of rotatable bonds is 5. The van der Waals surface area contributed by atoms with Crippen molar-refractivity contribution in [3.05, 3.63) is 96.0 Å². The van der Waals surface area contributed by atoms with Gasteiger partial charge in [0.05, 0.1) is 37.5 Å². The van der Waals surface area contributed by atoms with Crippen LogP contribution in [0.25, 0.3) is 21.6 Å². The Morgan fingerprint density at radius 3 is 2.65 bits per heavy atom. The Labute approximate surface area is 214 Å². The average Bonchev–Trinajstić information content (AvgIpc) is 3.31. The number of nitrogens with zero attached hydrogens (tertiary/aromatic N) is 4. The molecule has 5 aromatic rings. The number of thiophene rings is 1. The highest BCUT2D eigenvalue weighted by Crippen LogP contribution is 2.35. The van der Waals surface area contributed by atoms with E-state index < -0.39 is 5.69 Å². The average molecular weight is 517 g/mol. The maximum atomic E-state index is 14.0. The van der Waals surface area contributed by atoms with Crippen LogP contribution in [0.1, 0.15) is 29.0 Å². The van der Waals surface area contributed by atoms with Crippen LogP contribution in [-0.2, 0) is 19.4 Å². The molecule has 9 nitrogen and oxygen atoms in total. The van der Waals surface area contributed by atoms with Crippen molar-refractivity contribution in [2.45, 2.75) is 32.2 Å². The van der Waals surface area contributed by atoms with Crippen LogP contribution in [0, 0.1) is 0 Å². The molecular formula is C27H24N4O5S. The molecule has 10 heteroatoms. The molecule has 37 heavy (non-hydrogen) atoms. The van der Waals surface area contributed by atoms with Gasteiger partial charge in [-0.05, 0) is 55.5 Å². The van der Waals surface area contributed by atoms with Gasteiger partial charge in [-0.3, -0.25) is 18.6 Å². The van der Waals surface area contributed by atoms with Crippen LogP contribution in [0.2, 0.25) is 0 Å². The van der Waals surface area contributed by atoms with E-state index in [1.807, 2.05) is 0 Å². The lowest BCUT2D eigenvalue weighted by molar-refractivity contribution is 0.392. The second-order valence-electron chi connectivity index (χ2n) is 8.95. The molecule has 4 aromatic heterocycles. The number of ether oxygens (including phenoxy) is 2. The minimum Gasteiger partial charge on any atom is -0.497 e. The van der Waals surface area contributed by atoms with E-state index in [0.717, 1.165) is 40.7 Å². The lowest BCUT2D eigenvalue weighted by Crippen LogP contribution is -2.39. The van der Waals surface area contributed by atoms with Crippen LogP contribution < -0.4 is 26.3 Å². The van der Waals surface area contributed by atoms with E-state index in [0.29, 0.717) is 38.7 Å². The fraction of sp³-hybridized carbons (Fsp3) is 0.259. The molecule has 0 unspecified atom stereocenters. The highest BCUT2D eigenvalue weighted by molar-refractivity contribution is 7.18. The van der Waals surface area contributed by atoms with Crippen LogP contribution in [0.3, 0.4) is 0 Å². The summed E-state index contributed by atoms with van der Waals surface area (Å²) < 4.78 is 15.0. The summed E-state index contributed by atoms with van der Waals surface area (Å²) in [6, 6.07) is 11.7. The Kier molecular flexibility index (Phi) is 5.68. The Bertz CT molecular complexity index is 1860. The highest BCUT2D eigenvalue weighted by atomic mass is 32.1. The largest absolute Gasteiger partial charge is 0.497 e. The van der Waals surface area contributed by atoms with E-state index in [2.05, 4.69) is 4.98 Å². The summed E-state index contributed by atoms with van der Waals surface area (Å²) in [7, 11) is 3.02. The van der Waals surface area contributed by atoms with Crippen LogP contribution >= 0.6 is 11.3 Å². The number of aromatic nitrogens is 4. The highest BCUT2D eigenvalue weighted by Gasteiger charge is 2.25. The Morgan fingerprint density at radius 2 is 1.84 bits per heavy atom. The smallest absolute Gasteiger partial charge is 0.337 e. The van der Waals surface area contributed by atoms with Gasteiger partial charge in [0.1, 0.15) is 22.0 Å². The fourth-order valence-corrected chi connectivity index (χ4v) is 6.41. The summed E-state index contributed by atoms with van der Waals surface area (Å²) in [5.74, 6) is 0.888. The zero-order chi connectivity index (χ0) is 25.7. The topological polar surface area (TPSA) is 96.8 Å². The van der Waals surface area contributed by atoms with Crippen molar-refractivity contribution in [1.29, 1.82) is 0 Å². The van der Waals surface area contributed by atoms with Crippen molar-refractivity contribution in [3.63, 3.8) is 0 Å². The molecule has 1 aliphatic carbocycles. The van der Waals surface area contributed by atoms with Gasteiger partial charge in [-0.25, -0.2) is 14.3 Å². The second-order valence-corrected chi connectivity index (χ2v) is 10.0. The minimum absolute atomic E-state index is 0.0497. The van der Waals surface area contributed by atoms with Crippen LogP contribution in [0.5, 0.6) is 11.5 Å². The van der Waals surface area contributed by atoms with E-state index >= 15 is 0 Å². The van der Waals surface area contributed by atoms with E-state index in [1.165, 1.54) is 36.0 Å². The first-order valence-electron chi connectivity index (χ1n) is 12.0. The summed E-state index contributed by atoms with van der Waals surface area (Å²) in [4.78, 5) is 47.1. The molecular weight excluding hydrogens is 492 g/mol. The molecule has 0 radical (unpaired) electrons. The van der Waals surface area contributed by atoms with E-state index in [4.69, 9.17) is 9.47 Å². The number of methoxy groups -OCH3 is 2. The predicted octanol–water partition coefficient (Wildman–Crippen LogP) is 3.17. The normalized spacial score (nSPS) is 13.1. The van der Waals surface area contributed by atoms with Gasteiger partial charge >= 0.3 is 5.69 Å². The van der Waals surface area contributed by atoms with Crippen molar-refractivity contribution >= 4 is 27.2 Å². The SMILES string of the molecule is COc1ccc(-n2c(=O)c3c4c(sc3n(Cc3cc(=O)n5ccccc5n3)c2=O)CCCC4)c(OC)c1. The van der Waals surface area contributed by atoms with Crippen molar-refractivity contribution in [2.24, 2.45) is 0 Å². The predicted molar refractivity (Wildman–Crippen MR) is 142 cm³/mol. The standard InChI is InChI=1S/C27H24N4O5S/c1-35-17-10-11-19(20(14-17)36-2)31-25(33)24-18-7-3-4-8-21(18)37-26(24)30(27(31)34)15-16-13-23(32)29-12-6-5-9-22(29)28-16/h5-6,9-14H,3-4,7-8,15H2,1-2H3.